The van der Waals surface area contributed by atoms with Crippen LogP contribution < -0.4 is 4.90 Å². The Morgan fingerprint density at radius 3 is 2.66 bits per heavy atom. The van der Waals surface area contributed by atoms with Crippen LogP contribution in [0.15, 0.2) is 60.7 Å². The molecule has 3 aromatic rings. The quantitative estimate of drug-likeness (QED) is 0.650. The maximum atomic E-state index is 13.6. The van der Waals surface area contributed by atoms with Crippen molar-refractivity contribution in [2.75, 3.05) is 31.1 Å². The van der Waals surface area contributed by atoms with Gasteiger partial charge in [-0.15, -0.1) is 0 Å². The van der Waals surface area contributed by atoms with Gasteiger partial charge in [-0.2, -0.15) is 0 Å². The van der Waals surface area contributed by atoms with Crippen LogP contribution in [0, 0.1) is 17.7 Å². The van der Waals surface area contributed by atoms with Crippen molar-refractivity contribution in [1.29, 1.82) is 0 Å². The molecule has 0 radical (unpaired) electrons. The van der Waals surface area contributed by atoms with Crippen LogP contribution in [-0.4, -0.2) is 37.0 Å². The molecule has 0 spiro atoms. The molecule has 1 saturated carbocycles. The average molecular weight is 386 g/mol. The summed E-state index contributed by atoms with van der Waals surface area (Å²) < 4.78 is 13.6. The summed E-state index contributed by atoms with van der Waals surface area (Å²) in [6.45, 7) is 3.75. The fraction of sp³-hybridized carbons (Fsp3) is 0.320. The minimum atomic E-state index is -0.137. The van der Waals surface area contributed by atoms with Gasteiger partial charge < -0.3 is 9.80 Å². The van der Waals surface area contributed by atoms with Gasteiger partial charge in [0, 0.05) is 37.1 Å². The Bertz CT molecular complexity index is 1120. The Kier molecular flexibility index (Phi) is 3.78. The molecule has 146 valence electrons. The van der Waals surface area contributed by atoms with Gasteiger partial charge in [0.25, 0.3) is 5.91 Å². The van der Waals surface area contributed by atoms with Crippen molar-refractivity contribution in [1.82, 2.24) is 4.90 Å². The monoisotopic (exact) mass is 386 g/mol. The summed E-state index contributed by atoms with van der Waals surface area (Å²) in [5.74, 6) is 1.79. The van der Waals surface area contributed by atoms with Crippen LogP contribution >= 0.6 is 0 Å². The zero-order chi connectivity index (χ0) is 19.5. The zero-order valence-corrected chi connectivity index (χ0v) is 16.2. The number of amides is 1. The first kappa shape index (κ1) is 17.2. The van der Waals surface area contributed by atoms with Crippen molar-refractivity contribution in [3.63, 3.8) is 0 Å². The second-order valence-corrected chi connectivity index (χ2v) is 8.72. The summed E-state index contributed by atoms with van der Waals surface area (Å²) >= 11 is 0. The Hall–Kier alpha value is -2.72. The van der Waals surface area contributed by atoms with Crippen LogP contribution in [0.1, 0.15) is 28.3 Å². The van der Waals surface area contributed by atoms with Crippen molar-refractivity contribution in [3.8, 4) is 0 Å². The zero-order valence-electron chi connectivity index (χ0n) is 16.2. The molecule has 2 heterocycles. The van der Waals surface area contributed by atoms with E-state index < -0.39 is 0 Å². The molecule has 3 atom stereocenters. The highest BCUT2D eigenvalue weighted by molar-refractivity contribution is 6.25. The van der Waals surface area contributed by atoms with Gasteiger partial charge in [0.1, 0.15) is 5.82 Å². The molecule has 1 saturated heterocycles. The molecule has 0 aromatic heterocycles. The third-order valence-corrected chi connectivity index (χ3v) is 7.21. The number of fused-ring (bicyclic) bond motifs is 1. The number of likely N-dealkylation sites (tertiary alicyclic amines) is 1. The van der Waals surface area contributed by atoms with E-state index in [0.717, 1.165) is 60.2 Å². The van der Waals surface area contributed by atoms with Gasteiger partial charge in [0.15, 0.2) is 0 Å². The first-order chi connectivity index (χ1) is 14.2. The number of anilines is 1. The Labute approximate surface area is 169 Å². The molecule has 1 aliphatic carbocycles. The smallest absolute Gasteiger partial charge is 0.259 e. The van der Waals surface area contributed by atoms with E-state index in [0.29, 0.717) is 17.8 Å². The molecule has 3 aliphatic rings. The van der Waals surface area contributed by atoms with Gasteiger partial charge in [-0.1, -0.05) is 36.4 Å². The maximum Gasteiger partial charge on any atom is 0.259 e. The highest BCUT2D eigenvalue weighted by Gasteiger charge is 2.47. The summed E-state index contributed by atoms with van der Waals surface area (Å²) in [5, 5.41) is 2.22. The van der Waals surface area contributed by atoms with Crippen LogP contribution in [0.3, 0.4) is 0 Å². The maximum absolute atomic E-state index is 13.6. The molecule has 0 N–H and O–H groups in total. The van der Waals surface area contributed by atoms with Crippen molar-refractivity contribution in [2.24, 2.45) is 11.8 Å². The topological polar surface area (TPSA) is 23.6 Å². The van der Waals surface area contributed by atoms with E-state index in [4.69, 9.17) is 0 Å². The number of carbonyl (C=O) groups is 1. The standard InChI is InChI=1S/C25H23FN2O/c26-19-7-1-6-17(12-19)21-13-18-14-27(15-22(18)21)10-11-28-23-9-3-5-16-4-2-8-20(24(16)23)25(28)29/h1-9,12,18,21-22H,10-11,13-15H2. The largest absolute Gasteiger partial charge is 0.306 e. The van der Waals surface area contributed by atoms with Crippen molar-refractivity contribution in [3.05, 3.63) is 77.6 Å². The van der Waals surface area contributed by atoms with Crippen LogP contribution in [0.4, 0.5) is 10.1 Å². The van der Waals surface area contributed by atoms with Crippen LogP contribution in [0.25, 0.3) is 10.8 Å². The van der Waals surface area contributed by atoms with Crippen molar-refractivity contribution >= 4 is 22.4 Å². The number of rotatable bonds is 4. The summed E-state index contributed by atoms with van der Waals surface area (Å²) in [4.78, 5) is 17.4. The van der Waals surface area contributed by atoms with E-state index in [1.807, 2.05) is 29.2 Å². The highest BCUT2D eigenvalue weighted by Crippen LogP contribution is 2.51. The molecule has 6 rings (SSSR count). The third kappa shape index (κ3) is 2.62. The third-order valence-electron chi connectivity index (χ3n) is 7.21. The van der Waals surface area contributed by atoms with E-state index in [9.17, 15) is 9.18 Å². The number of nitrogens with zero attached hydrogens (tertiary/aromatic N) is 2. The van der Waals surface area contributed by atoms with Crippen molar-refractivity contribution < 1.29 is 9.18 Å². The second-order valence-electron chi connectivity index (χ2n) is 8.72. The Morgan fingerprint density at radius 2 is 1.79 bits per heavy atom. The van der Waals surface area contributed by atoms with E-state index in [2.05, 4.69) is 29.2 Å². The van der Waals surface area contributed by atoms with Gasteiger partial charge in [-0.05, 0) is 59.4 Å². The summed E-state index contributed by atoms with van der Waals surface area (Å²) in [5.41, 5.74) is 3.01. The summed E-state index contributed by atoms with van der Waals surface area (Å²) in [7, 11) is 0. The second kappa shape index (κ2) is 6.39. The highest BCUT2D eigenvalue weighted by atomic mass is 19.1. The number of benzene rings is 3. The van der Waals surface area contributed by atoms with E-state index >= 15 is 0 Å². The van der Waals surface area contributed by atoms with Gasteiger partial charge in [0.2, 0.25) is 0 Å². The predicted molar refractivity (Wildman–Crippen MR) is 113 cm³/mol. The number of hydrogen-bond donors (Lipinski definition) is 0. The van der Waals surface area contributed by atoms with E-state index in [1.54, 1.807) is 6.07 Å². The van der Waals surface area contributed by atoms with E-state index in [1.165, 1.54) is 6.07 Å². The van der Waals surface area contributed by atoms with Gasteiger partial charge in [-0.3, -0.25) is 4.79 Å². The lowest BCUT2D eigenvalue weighted by molar-refractivity contribution is 0.0990. The SMILES string of the molecule is O=C1c2cccc3cccc(c23)N1CCN1CC2CC(c3cccc(F)c3)C2C1. The van der Waals surface area contributed by atoms with Gasteiger partial charge in [-0.25, -0.2) is 4.39 Å². The summed E-state index contributed by atoms with van der Waals surface area (Å²) in [6.07, 6.45) is 1.15. The van der Waals surface area contributed by atoms with Gasteiger partial charge >= 0.3 is 0 Å². The normalized spacial score (nSPS) is 25.5. The summed E-state index contributed by atoms with van der Waals surface area (Å²) in [6, 6.07) is 19.2. The van der Waals surface area contributed by atoms with Crippen LogP contribution in [0.5, 0.6) is 0 Å². The number of carbonyl (C=O) groups excluding carboxylic acids is 1. The average Bonchev–Trinajstić information content (AvgIpc) is 3.17. The Balaban J connectivity index is 1.15. The molecule has 4 heteroatoms. The molecule has 0 bridgehead atoms. The number of halogens is 1. The number of hydrogen-bond acceptors (Lipinski definition) is 2. The van der Waals surface area contributed by atoms with Crippen LogP contribution in [-0.2, 0) is 0 Å². The Morgan fingerprint density at radius 1 is 0.966 bits per heavy atom. The lowest BCUT2D eigenvalue weighted by Crippen LogP contribution is -2.36. The molecule has 3 unspecified atom stereocenters. The molecule has 2 aliphatic heterocycles. The lowest BCUT2D eigenvalue weighted by Gasteiger charge is -2.40. The van der Waals surface area contributed by atoms with Crippen LogP contribution in [0.2, 0.25) is 0 Å². The molecular weight excluding hydrogens is 363 g/mol. The molecule has 2 fully saturated rings. The minimum absolute atomic E-state index is 0.122. The van der Waals surface area contributed by atoms with Gasteiger partial charge in [0.05, 0.1) is 5.69 Å². The first-order valence-corrected chi connectivity index (χ1v) is 10.5. The fourth-order valence-electron chi connectivity index (χ4n) is 5.74. The molecular formula is C25H23FN2O. The van der Waals surface area contributed by atoms with E-state index in [-0.39, 0.29) is 11.7 Å². The fourth-order valence-corrected chi connectivity index (χ4v) is 5.74. The predicted octanol–water partition coefficient (Wildman–Crippen LogP) is 4.67. The molecule has 3 nitrogen and oxygen atoms in total. The minimum Gasteiger partial charge on any atom is -0.306 e. The molecule has 29 heavy (non-hydrogen) atoms. The van der Waals surface area contributed by atoms with Crippen molar-refractivity contribution in [2.45, 2.75) is 12.3 Å². The molecule has 1 amide bonds. The lowest BCUT2D eigenvalue weighted by atomic mass is 9.64. The molecule has 3 aromatic carbocycles. The first-order valence-electron chi connectivity index (χ1n) is 10.5.